The predicted octanol–water partition coefficient (Wildman–Crippen LogP) is 4.38. The molecule has 1 aromatic carbocycles. The highest BCUT2D eigenvalue weighted by Gasteiger charge is 2.31. The molecule has 10 nitrogen and oxygen atoms in total. The van der Waals surface area contributed by atoms with Gasteiger partial charge in [-0.2, -0.15) is 5.10 Å². The first-order chi connectivity index (χ1) is 12.7. The van der Waals surface area contributed by atoms with Gasteiger partial charge in [0, 0.05) is 11.8 Å². The maximum absolute atomic E-state index is 12.5. The Balaban J connectivity index is 2.38. The van der Waals surface area contributed by atoms with E-state index >= 15 is 0 Å². The lowest BCUT2D eigenvalue weighted by Crippen LogP contribution is -2.16. The van der Waals surface area contributed by atoms with Crippen molar-refractivity contribution in [2.24, 2.45) is 10.2 Å². The molecule has 0 amide bonds. The van der Waals surface area contributed by atoms with Gasteiger partial charge in [-0.05, 0) is 11.5 Å². The van der Waals surface area contributed by atoms with E-state index in [1.54, 1.807) is 0 Å². The molecule has 10 heteroatoms. The van der Waals surface area contributed by atoms with Crippen molar-refractivity contribution in [2.75, 3.05) is 0 Å². The quantitative estimate of drug-likeness (QED) is 0.278. The number of benzene rings is 1. The summed E-state index contributed by atoms with van der Waals surface area (Å²) in [5.41, 5.74) is -0.336. The van der Waals surface area contributed by atoms with Crippen molar-refractivity contribution in [1.82, 2.24) is 10.2 Å². The molecule has 0 aliphatic carbocycles. The number of nitrogens with zero attached hydrogens (tertiary/aromatic N) is 6. The molecule has 0 fully saturated rings. The number of aromatic amines is 1. The molecule has 1 aromatic heterocycles. The molecule has 0 bridgehead atoms. The molecule has 0 saturated heterocycles. The van der Waals surface area contributed by atoms with Gasteiger partial charge in [0.1, 0.15) is 5.56 Å². The molecule has 1 atom stereocenters. The number of ketones is 1. The first-order valence-electron chi connectivity index (χ1n) is 7.72. The van der Waals surface area contributed by atoms with Crippen LogP contribution in [0.15, 0.2) is 34.5 Å². The molecule has 0 aliphatic rings. The van der Waals surface area contributed by atoms with E-state index in [0.717, 1.165) is 0 Å². The van der Waals surface area contributed by atoms with Gasteiger partial charge >= 0.3 is 6.17 Å². The zero-order valence-electron chi connectivity index (χ0n) is 14.8. The second-order valence-corrected chi connectivity index (χ2v) is 6.49. The highest BCUT2D eigenvalue weighted by atomic mass is 16.6. The van der Waals surface area contributed by atoms with Crippen molar-refractivity contribution >= 4 is 23.0 Å². The van der Waals surface area contributed by atoms with Crippen LogP contribution >= 0.6 is 0 Å². The molecule has 1 unspecified atom stereocenters. The smallest absolute Gasteiger partial charge is 0.291 e. The van der Waals surface area contributed by atoms with Crippen LogP contribution in [-0.2, 0) is 5.41 Å². The third kappa shape index (κ3) is 4.02. The minimum absolute atomic E-state index is 0.0427. The normalized spacial score (nSPS) is 12.3. The molecule has 0 spiro atoms. The summed E-state index contributed by atoms with van der Waals surface area (Å²) in [5, 5.41) is 25.1. The van der Waals surface area contributed by atoms with Crippen molar-refractivity contribution in [1.29, 1.82) is 0 Å². The van der Waals surface area contributed by atoms with Crippen LogP contribution in [0.4, 0.5) is 17.2 Å². The molecule has 2 aromatic rings. The van der Waals surface area contributed by atoms with Gasteiger partial charge < -0.3 is 0 Å². The van der Waals surface area contributed by atoms with Crippen LogP contribution < -0.4 is 0 Å². The number of nitro benzene ring substituents is 1. The van der Waals surface area contributed by atoms with Crippen LogP contribution in [0.25, 0.3) is 9.69 Å². The Morgan fingerprint density at radius 2 is 2.00 bits per heavy atom. The van der Waals surface area contributed by atoms with E-state index < -0.39 is 22.6 Å². The van der Waals surface area contributed by atoms with Crippen molar-refractivity contribution in [2.45, 2.75) is 32.4 Å². The highest BCUT2D eigenvalue weighted by Crippen LogP contribution is 2.37. The summed E-state index contributed by atoms with van der Waals surface area (Å²) < 4.78 is 0. The van der Waals surface area contributed by atoms with Crippen LogP contribution in [0, 0.1) is 23.3 Å². The first-order valence-corrected chi connectivity index (χ1v) is 7.72. The number of hydrogen-bond donors (Lipinski definition) is 1. The molecular weight excluding hydrogens is 350 g/mol. The van der Waals surface area contributed by atoms with Gasteiger partial charge in [-0.15, -0.1) is 5.11 Å². The number of hydrogen-bond acceptors (Lipinski definition) is 6. The number of H-pyrrole nitrogens is 1. The topological polar surface area (TPSA) is 122 Å². The van der Waals surface area contributed by atoms with E-state index in [9.17, 15) is 14.9 Å². The summed E-state index contributed by atoms with van der Waals surface area (Å²) in [6.07, 6.45) is -1.61. The predicted molar refractivity (Wildman–Crippen MR) is 95.9 cm³/mol. The number of aromatic nitrogens is 2. The van der Waals surface area contributed by atoms with Crippen LogP contribution in [0.1, 0.15) is 36.8 Å². The standard InChI is InChI=1S/C17H15N7O3/c1-17(2,3)14-12(18-4)15(21-20-14)22-23-16(19-5)13(25)10-8-6-7-9-11(10)24(26)27/h6-9,16H,1-3H3,(H,20,21). The fraction of sp³-hybridized carbons (Fsp3) is 0.294. The minimum Gasteiger partial charge on any atom is -0.291 e. The summed E-state index contributed by atoms with van der Waals surface area (Å²) in [4.78, 5) is 29.3. The number of para-hydroxylation sites is 1. The average Bonchev–Trinajstić information content (AvgIpc) is 3.05. The molecule has 27 heavy (non-hydrogen) atoms. The van der Waals surface area contributed by atoms with Crippen molar-refractivity contribution in [3.63, 3.8) is 0 Å². The maximum Gasteiger partial charge on any atom is 0.395 e. The fourth-order valence-corrected chi connectivity index (χ4v) is 2.25. The summed E-state index contributed by atoms with van der Waals surface area (Å²) >= 11 is 0. The number of carbonyl (C=O) groups is 1. The molecule has 1 heterocycles. The van der Waals surface area contributed by atoms with Gasteiger partial charge in [0.15, 0.2) is 0 Å². The van der Waals surface area contributed by atoms with Gasteiger partial charge in [-0.25, -0.2) is 11.4 Å². The summed E-state index contributed by atoms with van der Waals surface area (Å²) in [7, 11) is 0. The van der Waals surface area contributed by atoms with E-state index in [1.807, 2.05) is 20.8 Å². The number of rotatable bonds is 5. The lowest BCUT2D eigenvalue weighted by Gasteiger charge is -2.16. The van der Waals surface area contributed by atoms with E-state index in [-0.39, 0.29) is 22.5 Å². The molecule has 136 valence electrons. The number of nitrogens with one attached hydrogen (secondary N) is 1. The molecule has 0 radical (unpaired) electrons. The zero-order valence-corrected chi connectivity index (χ0v) is 14.8. The first kappa shape index (κ1) is 19.4. The summed E-state index contributed by atoms with van der Waals surface area (Å²) in [6, 6.07) is 5.30. The third-order valence-corrected chi connectivity index (χ3v) is 3.57. The van der Waals surface area contributed by atoms with Gasteiger partial charge in [0.25, 0.3) is 17.2 Å². The highest BCUT2D eigenvalue weighted by molar-refractivity contribution is 6.04. The van der Waals surface area contributed by atoms with Crippen LogP contribution in [0.3, 0.4) is 0 Å². The Hall–Kier alpha value is -3.92. The molecule has 1 N–H and O–H groups in total. The lowest BCUT2D eigenvalue weighted by molar-refractivity contribution is -0.385. The molecular formula is C17H15N7O3. The van der Waals surface area contributed by atoms with Gasteiger partial charge in [0.2, 0.25) is 5.82 Å². The number of Topliss-reactive ketones (excluding diaryl/α,β-unsaturated/α-hetero) is 1. The second-order valence-electron chi connectivity index (χ2n) is 6.49. The lowest BCUT2D eigenvalue weighted by atomic mass is 9.91. The van der Waals surface area contributed by atoms with Crippen molar-refractivity contribution in [3.8, 4) is 0 Å². The number of carbonyl (C=O) groups excluding carboxylic acids is 1. The molecule has 2 rings (SSSR count). The molecule has 0 aliphatic heterocycles. The zero-order chi connectivity index (χ0) is 20.2. The van der Waals surface area contributed by atoms with Gasteiger partial charge in [0.05, 0.1) is 11.5 Å². The Bertz CT molecular complexity index is 1000. The third-order valence-electron chi connectivity index (χ3n) is 3.57. The van der Waals surface area contributed by atoms with E-state index in [4.69, 9.17) is 13.1 Å². The van der Waals surface area contributed by atoms with Gasteiger partial charge in [-0.1, -0.05) is 38.0 Å². The van der Waals surface area contributed by atoms with Gasteiger partial charge in [-0.3, -0.25) is 24.9 Å². The Kier molecular flexibility index (Phi) is 5.42. The number of azo groups is 1. The van der Waals surface area contributed by atoms with Crippen LogP contribution in [-0.4, -0.2) is 27.1 Å². The minimum atomic E-state index is -1.61. The van der Waals surface area contributed by atoms with E-state index in [1.165, 1.54) is 24.3 Å². The van der Waals surface area contributed by atoms with Crippen LogP contribution in [0.5, 0.6) is 0 Å². The van der Waals surface area contributed by atoms with E-state index in [2.05, 4.69) is 30.1 Å². The van der Waals surface area contributed by atoms with Crippen molar-refractivity contribution in [3.05, 3.63) is 68.5 Å². The Morgan fingerprint density at radius 1 is 1.33 bits per heavy atom. The maximum atomic E-state index is 12.5. The number of nitro groups is 1. The average molecular weight is 365 g/mol. The van der Waals surface area contributed by atoms with Crippen molar-refractivity contribution < 1.29 is 9.72 Å². The summed E-state index contributed by atoms with van der Waals surface area (Å²) in [5.74, 6) is -0.893. The Morgan fingerprint density at radius 3 is 2.56 bits per heavy atom. The summed E-state index contributed by atoms with van der Waals surface area (Å²) in [6.45, 7) is 20.1. The second kappa shape index (κ2) is 7.54. The fourth-order valence-electron chi connectivity index (χ4n) is 2.25. The Labute approximate surface area is 154 Å². The largest absolute Gasteiger partial charge is 0.395 e. The van der Waals surface area contributed by atoms with Crippen LogP contribution in [0.2, 0.25) is 0 Å². The SMILES string of the molecule is [C-]#[N+]c1c(N=NC([N+]#[C-])C(=O)c2ccccc2[N+](=O)[O-])n[nH]c1C(C)(C)C. The molecule has 0 saturated carbocycles. The monoisotopic (exact) mass is 365 g/mol. The van der Waals surface area contributed by atoms with E-state index in [0.29, 0.717) is 5.69 Å².